The Kier molecular flexibility index (Phi) is 1.87. The van der Waals surface area contributed by atoms with Gasteiger partial charge in [0.2, 0.25) is 0 Å². The van der Waals surface area contributed by atoms with Crippen LogP contribution in [0.1, 0.15) is 5.56 Å². The van der Waals surface area contributed by atoms with Crippen LogP contribution in [-0.2, 0) is 6.54 Å². The van der Waals surface area contributed by atoms with Crippen molar-refractivity contribution in [3.05, 3.63) is 29.6 Å². The Labute approximate surface area is 58.1 Å². The molecule has 0 radical (unpaired) electrons. The van der Waals surface area contributed by atoms with Crippen molar-refractivity contribution in [1.82, 2.24) is 0 Å². The van der Waals surface area contributed by atoms with E-state index < -0.39 is 5.82 Å². The fourth-order valence-electron chi connectivity index (χ4n) is 0.724. The zero-order chi connectivity index (χ0) is 7.56. The van der Waals surface area contributed by atoms with E-state index in [0.717, 1.165) is 0 Å². The molecule has 54 valence electrons. The zero-order valence-electron chi connectivity index (χ0n) is 5.34. The van der Waals surface area contributed by atoms with Crippen molar-refractivity contribution in [1.29, 1.82) is 0 Å². The lowest BCUT2D eigenvalue weighted by Gasteiger charge is -1.99. The topological polar surface area (TPSA) is 46.2 Å². The lowest BCUT2D eigenvalue weighted by Crippen LogP contribution is -1.98. The highest BCUT2D eigenvalue weighted by Crippen LogP contribution is 2.17. The quantitative estimate of drug-likeness (QED) is 0.612. The van der Waals surface area contributed by atoms with E-state index in [1.54, 1.807) is 6.07 Å². The highest BCUT2D eigenvalue weighted by molar-refractivity contribution is 5.29. The largest absolute Gasteiger partial charge is 0.505 e. The molecule has 10 heavy (non-hydrogen) atoms. The number of aromatic hydroxyl groups is 1. The molecular weight excluding hydrogens is 133 g/mol. The predicted octanol–water partition coefficient (Wildman–Crippen LogP) is 0.990. The van der Waals surface area contributed by atoms with Gasteiger partial charge in [-0.2, -0.15) is 0 Å². The summed E-state index contributed by atoms with van der Waals surface area (Å²) in [5, 5.41) is 8.80. The average molecular weight is 141 g/mol. The maximum absolute atomic E-state index is 12.7. The van der Waals surface area contributed by atoms with Crippen LogP contribution >= 0.6 is 0 Å². The molecule has 2 nitrogen and oxygen atoms in total. The summed E-state index contributed by atoms with van der Waals surface area (Å²) < 4.78 is 12.7. The maximum atomic E-state index is 12.7. The van der Waals surface area contributed by atoms with Gasteiger partial charge < -0.3 is 10.8 Å². The number of benzene rings is 1. The fourth-order valence-corrected chi connectivity index (χ4v) is 0.724. The summed E-state index contributed by atoms with van der Waals surface area (Å²) in [6.45, 7) is 0.111. The Morgan fingerprint density at radius 1 is 1.50 bits per heavy atom. The first-order valence-corrected chi connectivity index (χ1v) is 2.92. The van der Waals surface area contributed by atoms with Gasteiger partial charge in [-0.1, -0.05) is 12.1 Å². The van der Waals surface area contributed by atoms with E-state index in [1.807, 2.05) is 0 Å². The molecule has 1 rings (SSSR count). The molecule has 0 saturated heterocycles. The van der Waals surface area contributed by atoms with Crippen LogP contribution in [-0.4, -0.2) is 5.11 Å². The summed E-state index contributed by atoms with van der Waals surface area (Å²) in [5.41, 5.74) is 5.50. The van der Waals surface area contributed by atoms with Gasteiger partial charge in [0.1, 0.15) is 0 Å². The van der Waals surface area contributed by atoms with E-state index in [0.29, 0.717) is 5.56 Å². The third kappa shape index (κ3) is 1.09. The van der Waals surface area contributed by atoms with Gasteiger partial charge in [-0.3, -0.25) is 0 Å². The minimum Gasteiger partial charge on any atom is -0.505 e. The van der Waals surface area contributed by atoms with E-state index in [-0.39, 0.29) is 12.3 Å². The van der Waals surface area contributed by atoms with Crippen LogP contribution in [0.3, 0.4) is 0 Å². The second kappa shape index (κ2) is 2.66. The Bertz CT molecular complexity index is 237. The van der Waals surface area contributed by atoms with Crippen molar-refractivity contribution >= 4 is 0 Å². The molecule has 0 heterocycles. The number of halogens is 1. The number of phenols is 1. The van der Waals surface area contributed by atoms with E-state index in [1.165, 1.54) is 12.1 Å². The highest BCUT2D eigenvalue weighted by Gasteiger charge is 2.02. The SMILES string of the molecule is NCc1cccc(O)c1F. The lowest BCUT2D eigenvalue weighted by molar-refractivity contribution is 0.428. The van der Waals surface area contributed by atoms with Gasteiger partial charge in [0.25, 0.3) is 0 Å². The monoisotopic (exact) mass is 141 g/mol. The van der Waals surface area contributed by atoms with Crippen LogP contribution in [0.2, 0.25) is 0 Å². The number of phenolic OH excluding ortho intramolecular Hbond substituents is 1. The van der Waals surface area contributed by atoms with Crippen LogP contribution in [0.15, 0.2) is 18.2 Å². The summed E-state index contributed by atoms with van der Waals surface area (Å²) >= 11 is 0. The molecular formula is C7H8FNO. The van der Waals surface area contributed by atoms with E-state index in [9.17, 15) is 4.39 Å². The van der Waals surface area contributed by atoms with Gasteiger partial charge in [-0.15, -0.1) is 0 Å². The second-order valence-electron chi connectivity index (χ2n) is 1.95. The maximum Gasteiger partial charge on any atom is 0.169 e. The van der Waals surface area contributed by atoms with Gasteiger partial charge in [0, 0.05) is 12.1 Å². The molecule has 0 bridgehead atoms. The molecule has 3 heteroatoms. The van der Waals surface area contributed by atoms with Gasteiger partial charge >= 0.3 is 0 Å². The first-order valence-electron chi connectivity index (χ1n) is 2.92. The summed E-state index contributed by atoms with van der Waals surface area (Å²) in [6.07, 6.45) is 0. The Morgan fingerprint density at radius 2 is 2.20 bits per heavy atom. The molecule has 0 atom stereocenters. The van der Waals surface area contributed by atoms with Crippen LogP contribution in [0.25, 0.3) is 0 Å². The minimum absolute atomic E-state index is 0.111. The van der Waals surface area contributed by atoms with Crippen molar-refractivity contribution < 1.29 is 9.50 Å². The van der Waals surface area contributed by atoms with Crippen LogP contribution < -0.4 is 5.73 Å². The molecule has 1 aromatic rings. The molecule has 0 amide bonds. The molecule has 0 spiro atoms. The van der Waals surface area contributed by atoms with Gasteiger partial charge in [0.15, 0.2) is 11.6 Å². The number of hydrogen-bond donors (Lipinski definition) is 2. The standard InChI is InChI=1S/C7H8FNO/c8-7-5(4-9)2-1-3-6(7)10/h1-3,10H,4,9H2. The van der Waals surface area contributed by atoms with Crippen LogP contribution in [0.5, 0.6) is 5.75 Å². The first-order chi connectivity index (χ1) is 4.75. The molecule has 1 aromatic carbocycles. The Hall–Kier alpha value is -1.09. The van der Waals surface area contributed by atoms with E-state index in [4.69, 9.17) is 10.8 Å². The third-order valence-electron chi connectivity index (χ3n) is 1.28. The molecule has 0 aliphatic rings. The zero-order valence-corrected chi connectivity index (χ0v) is 5.34. The van der Waals surface area contributed by atoms with Crippen molar-refractivity contribution in [3.8, 4) is 5.75 Å². The van der Waals surface area contributed by atoms with Gasteiger partial charge in [-0.05, 0) is 6.07 Å². The average Bonchev–Trinajstić information content (AvgIpc) is 1.95. The van der Waals surface area contributed by atoms with Crippen molar-refractivity contribution in [3.63, 3.8) is 0 Å². The smallest absolute Gasteiger partial charge is 0.169 e. The van der Waals surface area contributed by atoms with E-state index in [2.05, 4.69) is 0 Å². The predicted molar refractivity (Wildman–Crippen MR) is 36.0 cm³/mol. The first kappa shape index (κ1) is 7.02. The molecule has 0 unspecified atom stereocenters. The summed E-state index contributed by atoms with van der Waals surface area (Å²) in [5.74, 6) is -0.965. The Balaban J connectivity index is 3.14. The molecule has 0 fully saturated rings. The molecule has 0 aliphatic heterocycles. The van der Waals surface area contributed by atoms with Crippen molar-refractivity contribution in [2.45, 2.75) is 6.54 Å². The normalized spacial score (nSPS) is 9.80. The van der Waals surface area contributed by atoms with Crippen molar-refractivity contribution in [2.24, 2.45) is 5.73 Å². The third-order valence-corrected chi connectivity index (χ3v) is 1.28. The number of rotatable bonds is 1. The lowest BCUT2D eigenvalue weighted by atomic mass is 10.2. The van der Waals surface area contributed by atoms with Crippen LogP contribution in [0.4, 0.5) is 4.39 Å². The summed E-state index contributed by atoms with van der Waals surface area (Å²) in [4.78, 5) is 0. The van der Waals surface area contributed by atoms with Crippen LogP contribution in [0, 0.1) is 5.82 Å². The molecule has 0 aromatic heterocycles. The summed E-state index contributed by atoms with van der Waals surface area (Å²) in [6, 6.07) is 4.38. The van der Waals surface area contributed by atoms with Gasteiger partial charge in [0.05, 0.1) is 0 Å². The highest BCUT2D eigenvalue weighted by atomic mass is 19.1. The molecule has 0 aliphatic carbocycles. The van der Waals surface area contributed by atoms with E-state index >= 15 is 0 Å². The second-order valence-corrected chi connectivity index (χ2v) is 1.95. The molecule has 3 N–H and O–H groups in total. The number of nitrogens with two attached hydrogens (primary N) is 1. The van der Waals surface area contributed by atoms with Crippen molar-refractivity contribution in [2.75, 3.05) is 0 Å². The minimum atomic E-state index is -0.620. The summed E-state index contributed by atoms with van der Waals surface area (Å²) in [7, 11) is 0. The Morgan fingerprint density at radius 3 is 2.70 bits per heavy atom. The van der Waals surface area contributed by atoms with Gasteiger partial charge in [-0.25, -0.2) is 4.39 Å². The fraction of sp³-hybridized carbons (Fsp3) is 0.143. The molecule has 0 saturated carbocycles. The number of hydrogen-bond acceptors (Lipinski definition) is 2.